The zero-order chi connectivity index (χ0) is 13.8. The molecular weight excluding hydrogens is 230 g/mol. The Hall–Kier alpha value is -0.820. The molecule has 0 radical (unpaired) electrons. The van der Waals surface area contributed by atoms with Crippen molar-refractivity contribution in [3.05, 3.63) is 35.4 Å². The fourth-order valence-electron chi connectivity index (χ4n) is 3.47. The van der Waals surface area contributed by atoms with Crippen LogP contribution in [-0.4, -0.2) is 6.04 Å². The number of rotatable bonds is 4. The minimum absolute atomic E-state index is 0.474. The highest BCUT2D eigenvalue weighted by atomic mass is 14.9. The van der Waals surface area contributed by atoms with Gasteiger partial charge in [-0.2, -0.15) is 0 Å². The molecule has 106 valence electrons. The van der Waals surface area contributed by atoms with Crippen LogP contribution in [0.2, 0.25) is 0 Å². The van der Waals surface area contributed by atoms with Crippen LogP contribution in [0.1, 0.15) is 63.6 Å². The fraction of sp³-hybridized carbons (Fsp3) is 0.667. The smallest absolute Gasteiger partial charge is 0.0296 e. The molecule has 0 unspecified atom stereocenters. The van der Waals surface area contributed by atoms with Gasteiger partial charge >= 0.3 is 0 Å². The minimum Gasteiger partial charge on any atom is -0.307 e. The molecule has 2 rings (SSSR count). The van der Waals surface area contributed by atoms with E-state index in [2.05, 4.69) is 57.3 Å². The van der Waals surface area contributed by atoms with Crippen molar-refractivity contribution in [1.82, 2.24) is 5.32 Å². The first-order chi connectivity index (χ1) is 9.08. The maximum atomic E-state index is 3.84. The summed E-state index contributed by atoms with van der Waals surface area (Å²) in [5.41, 5.74) is 2.85. The van der Waals surface area contributed by atoms with Crippen molar-refractivity contribution in [2.75, 3.05) is 0 Å². The van der Waals surface area contributed by atoms with E-state index in [4.69, 9.17) is 0 Å². The monoisotopic (exact) mass is 259 g/mol. The van der Waals surface area contributed by atoms with Crippen LogP contribution < -0.4 is 5.32 Å². The Morgan fingerprint density at radius 1 is 1.00 bits per heavy atom. The maximum Gasteiger partial charge on any atom is 0.0296 e. The molecule has 1 heteroatoms. The lowest BCUT2D eigenvalue weighted by molar-refractivity contribution is 0.231. The summed E-state index contributed by atoms with van der Waals surface area (Å²) < 4.78 is 0. The summed E-state index contributed by atoms with van der Waals surface area (Å²) in [7, 11) is 0. The van der Waals surface area contributed by atoms with Crippen LogP contribution in [0.5, 0.6) is 0 Å². The summed E-state index contributed by atoms with van der Waals surface area (Å²) in [6, 6.07) is 9.93. The van der Waals surface area contributed by atoms with E-state index < -0.39 is 0 Å². The van der Waals surface area contributed by atoms with Crippen LogP contribution in [0, 0.1) is 18.8 Å². The summed E-state index contributed by atoms with van der Waals surface area (Å²) in [6.07, 6.45) is 5.49. The van der Waals surface area contributed by atoms with E-state index in [0.29, 0.717) is 12.1 Å². The quantitative estimate of drug-likeness (QED) is 0.814. The van der Waals surface area contributed by atoms with Gasteiger partial charge in [-0.15, -0.1) is 0 Å². The maximum absolute atomic E-state index is 3.84. The zero-order valence-corrected chi connectivity index (χ0v) is 12.9. The van der Waals surface area contributed by atoms with Gasteiger partial charge in [0.15, 0.2) is 0 Å². The van der Waals surface area contributed by atoms with Gasteiger partial charge in [0.2, 0.25) is 0 Å². The lowest BCUT2D eigenvalue weighted by Gasteiger charge is -2.33. The van der Waals surface area contributed by atoms with Crippen molar-refractivity contribution < 1.29 is 0 Å². The third kappa shape index (κ3) is 3.82. The third-order valence-electron chi connectivity index (χ3n) is 4.86. The number of aryl methyl sites for hydroxylation is 1. The average Bonchev–Trinajstić information content (AvgIpc) is 2.39. The molecule has 19 heavy (non-hydrogen) atoms. The van der Waals surface area contributed by atoms with E-state index in [9.17, 15) is 0 Å². The molecule has 1 N–H and O–H groups in total. The minimum atomic E-state index is 0.474. The van der Waals surface area contributed by atoms with E-state index >= 15 is 0 Å². The lowest BCUT2D eigenvalue weighted by Crippen LogP contribution is -2.36. The Bertz CT molecular complexity index is 388. The van der Waals surface area contributed by atoms with E-state index in [1.807, 2.05) is 0 Å². The van der Waals surface area contributed by atoms with Crippen molar-refractivity contribution >= 4 is 0 Å². The summed E-state index contributed by atoms with van der Waals surface area (Å²) in [4.78, 5) is 0. The molecule has 1 saturated carbocycles. The Balaban J connectivity index is 1.87. The highest BCUT2D eigenvalue weighted by Crippen LogP contribution is 2.31. The third-order valence-corrected chi connectivity index (χ3v) is 4.86. The topological polar surface area (TPSA) is 12.0 Å². The highest BCUT2D eigenvalue weighted by Gasteiger charge is 2.24. The van der Waals surface area contributed by atoms with Crippen LogP contribution in [0.15, 0.2) is 24.3 Å². The van der Waals surface area contributed by atoms with Crippen molar-refractivity contribution in [2.45, 2.75) is 65.5 Å². The summed E-state index contributed by atoms with van der Waals surface area (Å²) in [5.74, 6) is 1.81. The molecule has 0 aliphatic heterocycles. The SMILES string of the molecule is Cc1ccccc1[C@H](C)NC1CCC(C(C)C)CC1. The molecule has 0 aromatic heterocycles. The molecule has 1 aromatic carbocycles. The predicted octanol–water partition coefficient (Wildman–Crippen LogP) is 4.86. The van der Waals surface area contributed by atoms with Gasteiger partial charge in [0.05, 0.1) is 0 Å². The first kappa shape index (κ1) is 14.6. The molecular formula is C18H29N. The largest absolute Gasteiger partial charge is 0.307 e. The standard InChI is InChI=1S/C18H29N/c1-13(2)16-9-11-17(12-10-16)19-15(4)18-8-6-5-7-14(18)3/h5-8,13,15-17,19H,9-12H2,1-4H3/t15-,16?,17?/m0/s1. The van der Waals surface area contributed by atoms with E-state index in [1.54, 1.807) is 0 Å². The van der Waals surface area contributed by atoms with E-state index in [1.165, 1.54) is 36.8 Å². The van der Waals surface area contributed by atoms with Crippen molar-refractivity contribution in [3.8, 4) is 0 Å². The van der Waals surface area contributed by atoms with Gasteiger partial charge in [-0.25, -0.2) is 0 Å². The molecule has 1 atom stereocenters. The van der Waals surface area contributed by atoms with Gasteiger partial charge in [0.1, 0.15) is 0 Å². The first-order valence-corrected chi connectivity index (χ1v) is 7.89. The summed E-state index contributed by atoms with van der Waals surface area (Å²) in [5, 5.41) is 3.84. The highest BCUT2D eigenvalue weighted by molar-refractivity contribution is 5.28. The molecule has 1 nitrogen and oxygen atoms in total. The Morgan fingerprint density at radius 2 is 1.63 bits per heavy atom. The van der Waals surface area contributed by atoms with Gasteiger partial charge in [-0.1, -0.05) is 38.1 Å². The van der Waals surface area contributed by atoms with E-state index in [0.717, 1.165) is 11.8 Å². The number of benzene rings is 1. The molecule has 0 bridgehead atoms. The van der Waals surface area contributed by atoms with Crippen LogP contribution in [-0.2, 0) is 0 Å². The molecule has 1 fully saturated rings. The molecule has 0 saturated heterocycles. The van der Waals surface area contributed by atoms with Crippen molar-refractivity contribution in [3.63, 3.8) is 0 Å². The first-order valence-electron chi connectivity index (χ1n) is 7.89. The summed E-state index contributed by atoms with van der Waals surface area (Å²) >= 11 is 0. The van der Waals surface area contributed by atoms with Gasteiger partial charge < -0.3 is 5.32 Å². The second-order valence-electron chi connectivity index (χ2n) is 6.60. The van der Waals surface area contributed by atoms with Gasteiger partial charge in [0.25, 0.3) is 0 Å². The van der Waals surface area contributed by atoms with Gasteiger partial charge in [-0.3, -0.25) is 0 Å². The van der Waals surface area contributed by atoms with Crippen molar-refractivity contribution in [1.29, 1.82) is 0 Å². The molecule has 0 amide bonds. The molecule has 0 spiro atoms. The van der Waals surface area contributed by atoms with E-state index in [-0.39, 0.29) is 0 Å². The number of hydrogen-bond acceptors (Lipinski definition) is 1. The molecule has 1 aromatic rings. The predicted molar refractivity (Wildman–Crippen MR) is 83.3 cm³/mol. The zero-order valence-electron chi connectivity index (χ0n) is 12.9. The Labute approximate surface area is 118 Å². The van der Waals surface area contributed by atoms with Gasteiger partial charge in [-0.05, 0) is 62.5 Å². The second-order valence-corrected chi connectivity index (χ2v) is 6.60. The Morgan fingerprint density at radius 3 is 2.21 bits per heavy atom. The Kier molecular flexibility index (Phi) is 5.04. The lowest BCUT2D eigenvalue weighted by atomic mass is 9.79. The second kappa shape index (κ2) is 6.56. The van der Waals surface area contributed by atoms with Gasteiger partial charge in [0, 0.05) is 12.1 Å². The average molecular weight is 259 g/mol. The van der Waals surface area contributed by atoms with Crippen LogP contribution in [0.25, 0.3) is 0 Å². The molecule has 1 aliphatic rings. The van der Waals surface area contributed by atoms with Crippen LogP contribution >= 0.6 is 0 Å². The van der Waals surface area contributed by atoms with Crippen LogP contribution in [0.4, 0.5) is 0 Å². The molecule has 1 aliphatic carbocycles. The summed E-state index contributed by atoms with van der Waals surface area (Å²) in [6.45, 7) is 9.25. The van der Waals surface area contributed by atoms with Crippen LogP contribution in [0.3, 0.4) is 0 Å². The normalized spacial score (nSPS) is 25.5. The number of nitrogens with one attached hydrogen (secondary N) is 1. The van der Waals surface area contributed by atoms with Crippen molar-refractivity contribution in [2.24, 2.45) is 11.8 Å². The molecule has 0 heterocycles. The number of hydrogen-bond donors (Lipinski definition) is 1. The fourth-order valence-corrected chi connectivity index (χ4v) is 3.47.